The molecule has 0 saturated carbocycles. The van der Waals surface area contributed by atoms with E-state index >= 15 is 0 Å². The molecule has 3 saturated heterocycles. The number of hydrogen-bond donors (Lipinski definition) is 0. The van der Waals surface area contributed by atoms with E-state index in [1.807, 2.05) is 24.3 Å². The molecule has 7 nitrogen and oxygen atoms in total. The number of carbonyl (C=O) groups excluding carboxylic acids is 1. The second kappa shape index (κ2) is 9.26. The Bertz CT molecular complexity index is 1190. The van der Waals surface area contributed by atoms with Crippen molar-refractivity contribution < 1.29 is 9.53 Å². The van der Waals surface area contributed by atoms with Crippen LogP contribution in [0.15, 0.2) is 52.8 Å². The molecule has 3 aliphatic heterocycles. The number of amides is 1. The van der Waals surface area contributed by atoms with Gasteiger partial charge in [0, 0.05) is 30.8 Å². The Kier molecular flexibility index (Phi) is 5.96. The molecule has 2 bridgehead atoms. The van der Waals surface area contributed by atoms with E-state index in [1.54, 1.807) is 13.2 Å². The van der Waals surface area contributed by atoms with E-state index in [4.69, 9.17) is 4.74 Å². The molecule has 7 heteroatoms. The summed E-state index contributed by atoms with van der Waals surface area (Å²) in [5.74, 6) is 1.90. The summed E-state index contributed by atoms with van der Waals surface area (Å²) < 4.78 is 6.56. The minimum Gasteiger partial charge on any atom is -0.497 e. The number of benzene rings is 1. The van der Waals surface area contributed by atoms with Gasteiger partial charge in [0.15, 0.2) is 0 Å². The summed E-state index contributed by atoms with van der Waals surface area (Å²) in [6.07, 6.45) is 9.75. The van der Waals surface area contributed by atoms with Crippen molar-refractivity contribution in [1.82, 2.24) is 19.6 Å². The van der Waals surface area contributed by atoms with Crippen LogP contribution >= 0.6 is 0 Å². The molecule has 35 heavy (non-hydrogen) atoms. The first-order valence-corrected chi connectivity index (χ1v) is 13.1. The number of likely N-dealkylation sites (tertiary alicyclic amines) is 1. The fourth-order valence-corrected chi connectivity index (χ4v) is 6.95. The average molecular weight is 475 g/mol. The Morgan fingerprint density at radius 1 is 1.09 bits per heavy atom. The molecule has 4 heterocycles. The molecule has 1 aromatic heterocycles. The molecule has 1 aromatic carbocycles. The molecule has 4 aliphatic rings. The van der Waals surface area contributed by atoms with Crippen molar-refractivity contribution in [3.63, 3.8) is 0 Å². The number of aromatic nitrogens is 2. The Balaban J connectivity index is 1.24. The van der Waals surface area contributed by atoms with Crippen LogP contribution in [0.25, 0.3) is 11.3 Å². The van der Waals surface area contributed by atoms with E-state index in [0.717, 1.165) is 37.2 Å². The molecule has 4 atom stereocenters. The van der Waals surface area contributed by atoms with Crippen LogP contribution in [0.3, 0.4) is 0 Å². The van der Waals surface area contributed by atoms with E-state index in [9.17, 15) is 9.59 Å². The van der Waals surface area contributed by atoms with Gasteiger partial charge in [0.1, 0.15) is 12.3 Å². The summed E-state index contributed by atoms with van der Waals surface area (Å²) in [7, 11) is 1.63. The number of ether oxygens (including phenoxy) is 1. The molecule has 2 unspecified atom stereocenters. The first-order valence-electron chi connectivity index (χ1n) is 13.1. The van der Waals surface area contributed by atoms with Crippen molar-refractivity contribution in [2.24, 2.45) is 11.8 Å². The predicted molar refractivity (Wildman–Crippen MR) is 134 cm³/mol. The van der Waals surface area contributed by atoms with Gasteiger partial charge in [-0.1, -0.05) is 18.1 Å². The van der Waals surface area contributed by atoms with Crippen molar-refractivity contribution in [1.29, 1.82) is 0 Å². The van der Waals surface area contributed by atoms with Crippen LogP contribution in [0, 0.1) is 11.8 Å². The quantitative estimate of drug-likeness (QED) is 0.636. The van der Waals surface area contributed by atoms with Crippen molar-refractivity contribution in [2.45, 2.75) is 57.2 Å². The van der Waals surface area contributed by atoms with E-state index in [1.165, 1.54) is 48.5 Å². The van der Waals surface area contributed by atoms with Gasteiger partial charge < -0.3 is 9.64 Å². The highest BCUT2D eigenvalue weighted by atomic mass is 16.5. The van der Waals surface area contributed by atoms with Crippen LogP contribution in [0.5, 0.6) is 5.75 Å². The fourth-order valence-electron chi connectivity index (χ4n) is 6.95. The zero-order chi connectivity index (χ0) is 23.9. The lowest BCUT2D eigenvalue weighted by Gasteiger charge is -2.54. The molecule has 3 fully saturated rings. The summed E-state index contributed by atoms with van der Waals surface area (Å²) in [4.78, 5) is 31.0. The van der Waals surface area contributed by atoms with Gasteiger partial charge in [-0.25, -0.2) is 4.68 Å². The monoisotopic (exact) mass is 474 g/mol. The second-order valence-corrected chi connectivity index (χ2v) is 10.5. The lowest BCUT2D eigenvalue weighted by atomic mass is 9.68. The van der Waals surface area contributed by atoms with Crippen molar-refractivity contribution in [3.05, 3.63) is 58.4 Å². The molecule has 0 radical (unpaired) electrons. The maximum atomic E-state index is 13.6. The van der Waals surface area contributed by atoms with Crippen LogP contribution in [-0.4, -0.2) is 64.3 Å². The van der Waals surface area contributed by atoms with Gasteiger partial charge in [-0.05, 0) is 80.8 Å². The predicted octanol–water partition coefficient (Wildman–Crippen LogP) is 3.34. The number of piperidine rings is 3. The number of methoxy groups -OCH3 is 1. The van der Waals surface area contributed by atoms with Gasteiger partial charge in [0.05, 0.1) is 18.8 Å². The highest BCUT2D eigenvalue weighted by molar-refractivity contribution is 5.77. The fraction of sp³-hybridized carbons (Fsp3) is 0.536. The second-order valence-electron chi connectivity index (χ2n) is 10.5. The van der Waals surface area contributed by atoms with Gasteiger partial charge in [0.2, 0.25) is 5.91 Å². The first-order chi connectivity index (χ1) is 17.1. The van der Waals surface area contributed by atoms with Gasteiger partial charge in [0.25, 0.3) is 5.56 Å². The number of hydrogen-bond acceptors (Lipinski definition) is 5. The molecule has 1 amide bonds. The summed E-state index contributed by atoms with van der Waals surface area (Å²) in [6, 6.07) is 11.7. The number of nitrogens with zero attached hydrogens (tertiary/aromatic N) is 4. The summed E-state index contributed by atoms with van der Waals surface area (Å²) in [6.45, 7) is 3.03. The van der Waals surface area contributed by atoms with Crippen molar-refractivity contribution in [2.75, 3.05) is 26.7 Å². The van der Waals surface area contributed by atoms with E-state index < -0.39 is 0 Å². The first kappa shape index (κ1) is 22.5. The van der Waals surface area contributed by atoms with Gasteiger partial charge in [-0.2, -0.15) is 5.10 Å². The lowest BCUT2D eigenvalue weighted by Crippen LogP contribution is -2.60. The van der Waals surface area contributed by atoms with E-state index in [-0.39, 0.29) is 24.1 Å². The zero-order valence-corrected chi connectivity index (χ0v) is 20.4. The largest absolute Gasteiger partial charge is 0.497 e. The Labute approximate surface area is 206 Å². The molecule has 0 N–H and O–H groups in total. The van der Waals surface area contributed by atoms with Crippen LogP contribution in [0.4, 0.5) is 0 Å². The summed E-state index contributed by atoms with van der Waals surface area (Å²) >= 11 is 0. The third-order valence-corrected chi connectivity index (χ3v) is 8.51. The zero-order valence-electron chi connectivity index (χ0n) is 20.4. The molecule has 6 rings (SSSR count). The summed E-state index contributed by atoms with van der Waals surface area (Å²) in [5, 5.41) is 4.55. The topological polar surface area (TPSA) is 67.7 Å². The molecule has 1 aliphatic carbocycles. The van der Waals surface area contributed by atoms with Gasteiger partial charge in [-0.3, -0.25) is 14.5 Å². The lowest BCUT2D eigenvalue weighted by molar-refractivity contribution is -0.137. The highest BCUT2D eigenvalue weighted by Gasteiger charge is 2.46. The third-order valence-electron chi connectivity index (χ3n) is 8.51. The summed E-state index contributed by atoms with van der Waals surface area (Å²) in [5.41, 5.74) is 2.76. The normalized spacial score (nSPS) is 28.0. The maximum Gasteiger partial charge on any atom is 0.267 e. The molecular weight excluding hydrogens is 440 g/mol. The van der Waals surface area contributed by atoms with Crippen LogP contribution in [-0.2, 0) is 11.3 Å². The minimum atomic E-state index is -0.249. The van der Waals surface area contributed by atoms with Gasteiger partial charge >= 0.3 is 0 Å². The molecule has 2 aromatic rings. The minimum absolute atomic E-state index is 0.00120. The highest BCUT2D eigenvalue weighted by Crippen LogP contribution is 2.45. The Morgan fingerprint density at radius 3 is 2.77 bits per heavy atom. The van der Waals surface area contributed by atoms with Crippen LogP contribution in [0.1, 0.15) is 38.5 Å². The molecule has 0 spiro atoms. The van der Waals surface area contributed by atoms with Gasteiger partial charge in [-0.15, -0.1) is 0 Å². The Morgan fingerprint density at radius 2 is 1.94 bits per heavy atom. The smallest absolute Gasteiger partial charge is 0.267 e. The van der Waals surface area contributed by atoms with Crippen LogP contribution < -0.4 is 10.3 Å². The van der Waals surface area contributed by atoms with E-state index in [0.29, 0.717) is 23.6 Å². The van der Waals surface area contributed by atoms with Crippen molar-refractivity contribution >= 4 is 5.91 Å². The average Bonchev–Trinajstić information content (AvgIpc) is 2.89. The maximum absolute atomic E-state index is 13.6. The molecular formula is C28H34N4O3. The number of rotatable bonds is 4. The Hall–Kier alpha value is -2.93. The SMILES string of the molecule is COc1ccc(-c2ccc(=O)n(CC(=O)N3CCCC4=C[C@@H]5C[C@@H](CN6CCCCC56)C43)n2)cc1. The third kappa shape index (κ3) is 4.20. The van der Waals surface area contributed by atoms with Crippen molar-refractivity contribution in [3.8, 4) is 17.0 Å². The standard InChI is InChI=1S/C28H34N4O3/c1-35-23-9-7-19(8-10-23)24-11-12-26(33)32(29-24)18-27(34)31-14-4-5-20-15-21-16-22(28(20)31)17-30-13-3-2-6-25(21)30/h7-12,15,21-22,25,28H,2-6,13-14,16-18H2,1H3/t21-,22+,25?,28?/m1/s1. The van der Waals surface area contributed by atoms with Crippen LogP contribution in [0.2, 0.25) is 0 Å². The number of carbonyl (C=O) groups is 1. The number of fused-ring (bicyclic) bond motifs is 6. The van der Waals surface area contributed by atoms with E-state index in [2.05, 4.69) is 21.0 Å². The molecule has 184 valence electrons.